The van der Waals surface area contributed by atoms with Crippen LogP contribution in [-0.4, -0.2) is 3.21 Å². The van der Waals surface area contributed by atoms with Crippen LogP contribution in [0.2, 0.25) is 0 Å². The van der Waals surface area contributed by atoms with E-state index in [9.17, 15) is 0 Å². The van der Waals surface area contributed by atoms with Crippen molar-refractivity contribution in [1.29, 1.82) is 0 Å². The van der Waals surface area contributed by atoms with Crippen LogP contribution in [0, 0.1) is 0 Å². The molecule has 238 valence electrons. The molecule has 0 radical (unpaired) electrons. The number of hydrogen-bond donors (Lipinski definition) is 0. The first-order valence-corrected chi connectivity index (χ1v) is 20.3. The second-order valence-corrected chi connectivity index (χ2v) is 20.7. The number of benzene rings is 4. The number of hydrogen-bond acceptors (Lipinski definition) is 0. The number of halogens is 2. The van der Waals surface area contributed by atoms with Crippen LogP contribution in [0.3, 0.4) is 0 Å². The number of fused-ring (bicyclic) bond motifs is 3. The zero-order chi connectivity index (χ0) is 31.1. The van der Waals surface area contributed by atoms with Crippen LogP contribution >= 0.6 is 0 Å². The van der Waals surface area contributed by atoms with Crippen LogP contribution in [-0.2, 0) is 38.5 Å². The third-order valence-electron chi connectivity index (χ3n) is 9.46. The van der Waals surface area contributed by atoms with Gasteiger partial charge in [0, 0.05) is 0 Å². The summed E-state index contributed by atoms with van der Waals surface area (Å²) in [6.45, 7) is 16.6. The molecule has 4 aromatic rings. The maximum atomic E-state index is 2.65. The Morgan fingerprint density at radius 1 is 0.717 bits per heavy atom. The van der Waals surface area contributed by atoms with Gasteiger partial charge in [0.15, 0.2) is 0 Å². The van der Waals surface area contributed by atoms with Crippen LogP contribution < -0.4 is 28.1 Å². The molecule has 0 aromatic heterocycles. The van der Waals surface area contributed by atoms with E-state index in [4.69, 9.17) is 0 Å². The Hall–Kier alpha value is -2.31. The summed E-state index contributed by atoms with van der Waals surface area (Å²) in [5.41, 5.74) is 13.6. The summed E-state index contributed by atoms with van der Waals surface area (Å²) >= 11 is -2.79. The first-order chi connectivity index (χ1) is 21.1. The van der Waals surface area contributed by atoms with E-state index in [1.54, 1.807) is 26.5 Å². The molecule has 0 unspecified atom stereocenters. The van der Waals surface area contributed by atoms with E-state index < -0.39 is 21.3 Å². The summed E-state index contributed by atoms with van der Waals surface area (Å²) in [6.07, 6.45) is 11.1. The van der Waals surface area contributed by atoms with E-state index in [2.05, 4.69) is 152 Å². The van der Waals surface area contributed by atoms with Gasteiger partial charge in [-0.25, -0.2) is 0 Å². The standard InChI is InChI=1S/C21H25.C13H10.C9H13.2ClH.Zr/c1-20(2,3)16-7-9-18-14(12-16)11-15-13-17(21(4,5)6)8-10-19(15)18;1-3-7-12(8-4-1)11-13-9-5-2-6-10-13;1-2-3-6-9-7-4-5-8-9;;;/h7-10,12H,11H2,1-6H3;1-10H;7-8H,2-4,6H2,1H3;2*1H;/q;;;;;+2/p-2. The molecule has 0 amide bonds. The van der Waals surface area contributed by atoms with Crippen molar-refractivity contribution in [3.05, 3.63) is 145 Å². The summed E-state index contributed by atoms with van der Waals surface area (Å²) < 4.78 is 5.08. The molecule has 46 heavy (non-hydrogen) atoms. The van der Waals surface area contributed by atoms with Crippen molar-refractivity contribution in [3.8, 4) is 11.1 Å². The summed E-state index contributed by atoms with van der Waals surface area (Å²) in [5.74, 6) is 0. The normalized spacial score (nSPS) is 13.3. The number of allylic oxidation sites excluding steroid dienone is 4. The Morgan fingerprint density at radius 2 is 1.33 bits per heavy atom. The van der Waals surface area contributed by atoms with Gasteiger partial charge < -0.3 is 24.8 Å². The van der Waals surface area contributed by atoms with Gasteiger partial charge in [-0.05, 0) is 0 Å². The molecule has 0 nitrogen and oxygen atoms in total. The molecular formula is C43H48Cl2Zr. The van der Waals surface area contributed by atoms with Gasteiger partial charge in [-0.2, -0.15) is 0 Å². The molecule has 0 heterocycles. The number of unbranched alkanes of at least 4 members (excludes halogenated alkanes) is 1. The molecule has 0 bridgehead atoms. The van der Waals surface area contributed by atoms with Gasteiger partial charge in [-0.3, -0.25) is 0 Å². The fourth-order valence-corrected chi connectivity index (χ4v) is 16.2. The maximum absolute atomic E-state index is 2.79. The van der Waals surface area contributed by atoms with Crippen molar-refractivity contribution in [1.82, 2.24) is 0 Å². The average molecular weight is 727 g/mol. The fourth-order valence-electron chi connectivity index (χ4n) is 7.08. The molecule has 4 aromatic carbocycles. The molecule has 0 N–H and O–H groups in total. The van der Waals surface area contributed by atoms with Gasteiger partial charge in [0.2, 0.25) is 0 Å². The molecule has 0 saturated carbocycles. The van der Waals surface area contributed by atoms with E-state index >= 15 is 0 Å². The number of rotatable bonds is 7. The summed E-state index contributed by atoms with van der Waals surface area (Å²) in [7, 11) is 0. The van der Waals surface area contributed by atoms with E-state index in [1.807, 2.05) is 0 Å². The second kappa shape index (κ2) is 14.9. The third kappa shape index (κ3) is 7.38. The van der Waals surface area contributed by atoms with E-state index in [0.29, 0.717) is 0 Å². The summed E-state index contributed by atoms with van der Waals surface area (Å²) in [4.78, 5) is 0. The molecule has 0 atom stereocenters. The van der Waals surface area contributed by atoms with Gasteiger partial charge in [0.05, 0.1) is 0 Å². The first kappa shape index (κ1) is 36.5. The van der Waals surface area contributed by atoms with Crippen LogP contribution in [0.4, 0.5) is 0 Å². The Balaban J connectivity index is 0.00000240. The first-order valence-electron chi connectivity index (χ1n) is 16.6. The van der Waals surface area contributed by atoms with Gasteiger partial charge in [-0.15, -0.1) is 0 Å². The van der Waals surface area contributed by atoms with Gasteiger partial charge in [-0.1, -0.05) is 0 Å². The molecule has 0 fully saturated rings. The SMILES string of the molecule is CCCCC1=CC[C]([Zr+2](=[C](c2ccccc2)c2ccccc2)[c]2c(C(C)(C)C)ccc3c2Cc2cc(C(C)(C)C)ccc2-3)=C1.[Cl-].[Cl-]. The third-order valence-corrected chi connectivity index (χ3v) is 17.2. The van der Waals surface area contributed by atoms with Crippen molar-refractivity contribution < 1.29 is 46.1 Å². The predicted octanol–water partition coefficient (Wildman–Crippen LogP) is 4.78. The second-order valence-electron chi connectivity index (χ2n) is 14.8. The van der Waals surface area contributed by atoms with Crippen LogP contribution in [0.5, 0.6) is 0 Å². The minimum absolute atomic E-state index is 0. The molecule has 0 saturated heterocycles. The Morgan fingerprint density at radius 3 is 1.89 bits per heavy atom. The monoisotopic (exact) mass is 724 g/mol. The molecule has 2 aliphatic rings. The largest absolute Gasteiger partial charge is 1.00 e. The van der Waals surface area contributed by atoms with Crippen molar-refractivity contribution >= 4 is 6.48 Å². The Bertz CT molecular complexity index is 1740. The van der Waals surface area contributed by atoms with E-state index in [1.165, 1.54) is 52.6 Å². The molecule has 2 aliphatic carbocycles. The van der Waals surface area contributed by atoms with Gasteiger partial charge in [0.25, 0.3) is 0 Å². The van der Waals surface area contributed by atoms with Gasteiger partial charge in [0.1, 0.15) is 0 Å². The van der Waals surface area contributed by atoms with Crippen molar-refractivity contribution in [2.24, 2.45) is 0 Å². The Kier molecular flexibility index (Phi) is 11.8. The maximum Gasteiger partial charge on any atom is -1.00 e. The minimum atomic E-state index is -2.79. The quantitative estimate of drug-likeness (QED) is 0.227. The van der Waals surface area contributed by atoms with E-state index in [-0.39, 0.29) is 35.6 Å². The summed E-state index contributed by atoms with van der Waals surface area (Å²) in [6, 6.07) is 35.0. The Labute approximate surface area is 298 Å². The van der Waals surface area contributed by atoms with Crippen LogP contribution in [0.1, 0.15) is 108 Å². The molecule has 0 aliphatic heterocycles. The van der Waals surface area contributed by atoms with Crippen molar-refractivity contribution in [3.63, 3.8) is 0 Å². The topological polar surface area (TPSA) is 0 Å². The molecule has 0 spiro atoms. The van der Waals surface area contributed by atoms with Gasteiger partial charge >= 0.3 is 276 Å². The molecule has 6 rings (SSSR count). The van der Waals surface area contributed by atoms with Crippen molar-refractivity contribution in [2.45, 2.75) is 91.4 Å². The average Bonchev–Trinajstić information content (AvgIpc) is 3.62. The van der Waals surface area contributed by atoms with Crippen LogP contribution in [0.15, 0.2) is 112 Å². The van der Waals surface area contributed by atoms with Crippen LogP contribution in [0.25, 0.3) is 11.1 Å². The zero-order valence-electron chi connectivity index (χ0n) is 28.6. The fraction of sp³-hybridized carbons (Fsp3) is 0.326. The predicted molar refractivity (Wildman–Crippen MR) is 188 cm³/mol. The van der Waals surface area contributed by atoms with Crippen molar-refractivity contribution in [2.75, 3.05) is 0 Å². The zero-order valence-corrected chi connectivity index (χ0v) is 32.6. The molecular weight excluding hydrogens is 679 g/mol. The summed E-state index contributed by atoms with van der Waals surface area (Å²) in [5, 5.41) is 0. The minimum Gasteiger partial charge on any atom is -1.00 e. The smallest absolute Gasteiger partial charge is 1.00 e. The van der Waals surface area contributed by atoms with E-state index in [0.717, 1.165) is 12.8 Å². The molecule has 3 heteroatoms.